The third-order valence-corrected chi connectivity index (χ3v) is 5.75. The van der Waals surface area contributed by atoms with Crippen LogP contribution in [0.1, 0.15) is 0 Å². The monoisotopic (exact) mass is 437 g/mol. The van der Waals surface area contributed by atoms with E-state index in [2.05, 4.69) is 20.5 Å². The van der Waals surface area contributed by atoms with Crippen LogP contribution in [0.15, 0.2) is 59.9 Å². The first kappa shape index (κ1) is 21.0. The van der Waals surface area contributed by atoms with Crippen LogP contribution in [0.25, 0.3) is 22.3 Å². The minimum Gasteiger partial charge on any atom is -0.495 e. The summed E-state index contributed by atoms with van der Waals surface area (Å²) in [5.74, 6) is 1.40. The summed E-state index contributed by atoms with van der Waals surface area (Å²) in [6, 6.07) is 15.4. The molecule has 8 nitrogen and oxygen atoms in total. The lowest BCUT2D eigenvalue weighted by atomic mass is 10.1. The molecule has 2 aromatic heterocycles. The second kappa shape index (κ2) is 9.67. The molecule has 2 N–H and O–H groups in total. The van der Waals surface area contributed by atoms with E-state index in [-0.39, 0.29) is 11.7 Å². The maximum atomic E-state index is 12.5. The number of carbonyl (C=O) groups is 1. The number of carbonyl (C=O) groups excluding carboxylic acids is 1. The Balaban J connectivity index is 1.54. The lowest BCUT2D eigenvalue weighted by molar-refractivity contribution is -0.113. The Kier molecular flexibility index (Phi) is 6.54. The van der Waals surface area contributed by atoms with Crippen molar-refractivity contribution in [2.45, 2.75) is 11.7 Å². The van der Waals surface area contributed by atoms with Gasteiger partial charge in [0.1, 0.15) is 5.75 Å². The van der Waals surface area contributed by atoms with E-state index in [9.17, 15) is 4.79 Å². The number of para-hydroxylation sites is 3. The van der Waals surface area contributed by atoms with Gasteiger partial charge in [0.15, 0.2) is 11.0 Å². The van der Waals surface area contributed by atoms with Crippen molar-refractivity contribution in [2.75, 3.05) is 31.9 Å². The molecule has 0 radical (unpaired) electrons. The van der Waals surface area contributed by atoms with Crippen LogP contribution in [-0.2, 0) is 16.1 Å². The average molecular weight is 438 g/mol. The SMILES string of the molecule is COCCn1c(SCC(=O)Nc2ccccc2OC)nnc1-c1c[nH]c2ccccc12. The molecule has 1 amide bonds. The Bertz CT molecular complexity index is 1190. The highest BCUT2D eigenvalue weighted by molar-refractivity contribution is 7.99. The molecule has 0 bridgehead atoms. The molecular weight excluding hydrogens is 414 g/mol. The minimum absolute atomic E-state index is 0.149. The van der Waals surface area contributed by atoms with Gasteiger partial charge in [0.2, 0.25) is 5.91 Å². The van der Waals surface area contributed by atoms with Gasteiger partial charge in [-0.3, -0.25) is 9.36 Å². The number of amides is 1. The highest BCUT2D eigenvalue weighted by Gasteiger charge is 2.18. The van der Waals surface area contributed by atoms with Crippen molar-refractivity contribution in [3.63, 3.8) is 0 Å². The van der Waals surface area contributed by atoms with E-state index in [0.29, 0.717) is 29.7 Å². The van der Waals surface area contributed by atoms with Crippen LogP contribution in [0.3, 0.4) is 0 Å². The van der Waals surface area contributed by atoms with Crippen LogP contribution in [0, 0.1) is 0 Å². The van der Waals surface area contributed by atoms with Crippen molar-refractivity contribution in [3.8, 4) is 17.1 Å². The fraction of sp³-hybridized carbons (Fsp3) is 0.227. The molecule has 2 heterocycles. The summed E-state index contributed by atoms with van der Waals surface area (Å²) < 4.78 is 12.5. The average Bonchev–Trinajstić information content (AvgIpc) is 3.40. The number of nitrogens with one attached hydrogen (secondary N) is 2. The Labute approximate surface area is 184 Å². The number of aromatic amines is 1. The van der Waals surface area contributed by atoms with Crippen LogP contribution in [-0.4, -0.2) is 52.2 Å². The highest BCUT2D eigenvalue weighted by Crippen LogP contribution is 2.30. The molecule has 9 heteroatoms. The van der Waals surface area contributed by atoms with Crippen molar-refractivity contribution in [1.82, 2.24) is 19.7 Å². The predicted molar refractivity (Wildman–Crippen MR) is 122 cm³/mol. The van der Waals surface area contributed by atoms with Gasteiger partial charge in [-0.1, -0.05) is 42.1 Å². The van der Waals surface area contributed by atoms with Gasteiger partial charge in [-0.15, -0.1) is 10.2 Å². The number of rotatable bonds is 9. The molecule has 2 aromatic carbocycles. The van der Waals surface area contributed by atoms with Crippen molar-refractivity contribution in [2.24, 2.45) is 0 Å². The molecular formula is C22H23N5O3S. The molecule has 0 spiro atoms. The molecule has 0 atom stereocenters. The molecule has 0 aliphatic carbocycles. The number of ether oxygens (including phenoxy) is 2. The summed E-state index contributed by atoms with van der Waals surface area (Å²) in [4.78, 5) is 15.8. The molecule has 4 aromatic rings. The van der Waals surface area contributed by atoms with Crippen molar-refractivity contribution in [1.29, 1.82) is 0 Å². The third kappa shape index (κ3) is 4.57. The van der Waals surface area contributed by atoms with Crippen LogP contribution in [0.5, 0.6) is 5.75 Å². The van der Waals surface area contributed by atoms with Gasteiger partial charge in [0.05, 0.1) is 31.7 Å². The molecule has 160 valence electrons. The number of benzene rings is 2. The van der Waals surface area contributed by atoms with E-state index in [1.165, 1.54) is 11.8 Å². The summed E-state index contributed by atoms with van der Waals surface area (Å²) in [6.45, 7) is 1.09. The third-order valence-electron chi connectivity index (χ3n) is 4.78. The molecule has 0 saturated carbocycles. The predicted octanol–water partition coefficient (Wildman–Crippen LogP) is 3.81. The molecule has 4 rings (SSSR count). The van der Waals surface area contributed by atoms with Crippen molar-refractivity contribution >= 4 is 34.3 Å². The van der Waals surface area contributed by atoms with E-state index in [4.69, 9.17) is 9.47 Å². The first-order chi connectivity index (χ1) is 15.2. The maximum Gasteiger partial charge on any atom is 0.234 e. The largest absolute Gasteiger partial charge is 0.495 e. The van der Waals surface area contributed by atoms with Gasteiger partial charge in [-0.2, -0.15) is 0 Å². The van der Waals surface area contributed by atoms with Gasteiger partial charge in [-0.25, -0.2) is 0 Å². The Morgan fingerprint density at radius 2 is 1.94 bits per heavy atom. The lowest BCUT2D eigenvalue weighted by Crippen LogP contribution is -2.15. The first-order valence-corrected chi connectivity index (χ1v) is 10.7. The minimum atomic E-state index is -0.149. The van der Waals surface area contributed by atoms with Crippen LogP contribution < -0.4 is 10.1 Å². The van der Waals surface area contributed by atoms with Crippen LogP contribution >= 0.6 is 11.8 Å². The number of nitrogens with zero attached hydrogens (tertiary/aromatic N) is 3. The van der Waals surface area contributed by atoms with E-state index < -0.39 is 0 Å². The number of thioether (sulfide) groups is 1. The Hall–Kier alpha value is -3.30. The van der Waals surface area contributed by atoms with Gasteiger partial charge in [-0.05, 0) is 18.2 Å². The number of H-pyrrole nitrogens is 1. The van der Waals surface area contributed by atoms with Crippen LogP contribution in [0.4, 0.5) is 5.69 Å². The number of aromatic nitrogens is 4. The van der Waals surface area contributed by atoms with E-state index in [1.54, 1.807) is 26.4 Å². The summed E-state index contributed by atoms with van der Waals surface area (Å²) in [7, 11) is 3.23. The molecule has 0 saturated heterocycles. The number of fused-ring (bicyclic) bond motifs is 1. The fourth-order valence-electron chi connectivity index (χ4n) is 3.30. The fourth-order valence-corrected chi connectivity index (χ4v) is 4.06. The first-order valence-electron chi connectivity index (χ1n) is 9.75. The zero-order chi connectivity index (χ0) is 21.6. The quantitative estimate of drug-likeness (QED) is 0.387. The second-order valence-electron chi connectivity index (χ2n) is 6.74. The number of hydrogen-bond donors (Lipinski definition) is 2. The van der Waals surface area contributed by atoms with Gasteiger partial charge < -0.3 is 19.8 Å². The van der Waals surface area contributed by atoms with Gasteiger partial charge in [0.25, 0.3) is 0 Å². The summed E-state index contributed by atoms with van der Waals surface area (Å²) >= 11 is 1.33. The van der Waals surface area contributed by atoms with Gasteiger partial charge >= 0.3 is 0 Å². The molecule has 0 fully saturated rings. The smallest absolute Gasteiger partial charge is 0.234 e. The summed E-state index contributed by atoms with van der Waals surface area (Å²) in [6.07, 6.45) is 1.93. The van der Waals surface area contributed by atoms with E-state index >= 15 is 0 Å². The van der Waals surface area contributed by atoms with Crippen molar-refractivity contribution < 1.29 is 14.3 Å². The molecule has 31 heavy (non-hydrogen) atoms. The van der Waals surface area contributed by atoms with Crippen molar-refractivity contribution in [3.05, 3.63) is 54.7 Å². The molecule has 0 aliphatic rings. The highest BCUT2D eigenvalue weighted by atomic mass is 32.2. The summed E-state index contributed by atoms with van der Waals surface area (Å²) in [5, 5.41) is 13.4. The maximum absolute atomic E-state index is 12.5. The molecule has 0 unspecified atom stereocenters. The Morgan fingerprint density at radius 3 is 2.77 bits per heavy atom. The second-order valence-corrected chi connectivity index (χ2v) is 7.68. The van der Waals surface area contributed by atoms with E-state index in [1.807, 2.05) is 47.2 Å². The normalized spacial score (nSPS) is 11.0. The lowest BCUT2D eigenvalue weighted by Gasteiger charge is -2.11. The number of hydrogen-bond acceptors (Lipinski definition) is 6. The topological polar surface area (TPSA) is 94.1 Å². The number of anilines is 1. The standard InChI is InChI=1S/C22H23N5O3S/c1-29-12-11-27-21(16-13-23-17-8-4-3-7-15(16)17)25-26-22(27)31-14-20(28)24-18-9-5-6-10-19(18)30-2/h3-10,13,23H,11-12,14H2,1-2H3,(H,24,28). The zero-order valence-corrected chi connectivity index (χ0v) is 18.1. The van der Waals surface area contributed by atoms with E-state index in [0.717, 1.165) is 22.3 Å². The Morgan fingerprint density at radius 1 is 1.13 bits per heavy atom. The number of methoxy groups -OCH3 is 2. The summed E-state index contributed by atoms with van der Waals surface area (Å²) in [5.41, 5.74) is 2.63. The molecule has 0 aliphatic heterocycles. The van der Waals surface area contributed by atoms with Crippen LogP contribution in [0.2, 0.25) is 0 Å². The van der Waals surface area contributed by atoms with Gasteiger partial charge in [0, 0.05) is 29.8 Å². The zero-order valence-electron chi connectivity index (χ0n) is 17.3.